The van der Waals surface area contributed by atoms with Crippen molar-refractivity contribution in [3.8, 4) is 34.5 Å². The minimum Gasteiger partial charge on any atom is -0.872 e. The number of para-hydroxylation sites is 2. The van der Waals surface area contributed by atoms with Crippen LogP contribution in [0.4, 0.5) is 11.4 Å². The van der Waals surface area contributed by atoms with Crippen LogP contribution < -0.4 is 19.7 Å². The maximum atomic E-state index is 11.7. The summed E-state index contributed by atoms with van der Waals surface area (Å²) >= 11 is 35.5. The van der Waals surface area contributed by atoms with Crippen molar-refractivity contribution in [1.82, 2.24) is 0 Å². The quantitative estimate of drug-likeness (QED) is 0.0766. The molecule has 1 aliphatic rings. The predicted octanol–water partition coefficient (Wildman–Crippen LogP) is 12.2. The molecule has 0 amide bonds. The maximum absolute atomic E-state index is 11.7. The fraction of sp³-hybridized carbons (Fsp3) is 0.235. The van der Waals surface area contributed by atoms with E-state index in [4.69, 9.17) is 89.1 Å². The minimum absolute atomic E-state index is 0. The molecule has 0 unspecified atom stereocenters. The second kappa shape index (κ2) is 16.4. The predicted molar refractivity (Wildman–Crippen MR) is 189 cm³/mol. The summed E-state index contributed by atoms with van der Waals surface area (Å²) in [4.78, 5) is 9.91. The van der Waals surface area contributed by atoms with Gasteiger partial charge in [0.05, 0.1) is 42.9 Å². The van der Waals surface area contributed by atoms with Gasteiger partial charge in [0.2, 0.25) is 0 Å². The second-order valence-corrected chi connectivity index (χ2v) is 12.8. The van der Waals surface area contributed by atoms with E-state index in [2.05, 4.69) is 77.9 Å². The molecule has 5 rings (SSSR count). The average molecular weight is 800 g/mol. The summed E-state index contributed by atoms with van der Waals surface area (Å²) < 4.78 is 10.9. The smallest absolute Gasteiger partial charge is 0.872 e. The molecule has 6 nitrogen and oxygen atoms in total. The third-order valence-electron chi connectivity index (χ3n) is 7.11. The van der Waals surface area contributed by atoms with Gasteiger partial charge in [-0.2, -0.15) is 0 Å². The number of hydrogen-bond donors (Lipinski definition) is 0. The molecule has 0 fully saturated rings. The van der Waals surface area contributed by atoms with Gasteiger partial charge < -0.3 is 19.7 Å². The number of hydrogen-bond acceptors (Lipinski definition) is 6. The Hall–Kier alpha value is -2.35. The molecule has 0 N–H and O–H groups in total. The monoisotopic (exact) mass is 796 g/mol. The van der Waals surface area contributed by atoms with E-state index in [0.717, 1.165) is 35.6 Å². The average Bonchev–Trinajstić information content (AvgIpc) is 3.03. The summed E-state index contributed by atoms with van der Waals surface area (Å²) in [7, 11) is 0. The SMILES string of the molecule is CCCC(=Nc1c(C)cccc1C)C(C)=Nc1c(C)cccc1C.[Ni+2].[O-]c1c([O-])c(Cl)c2c(c1Cl)Oc1c(Cl)c(Cl)c(Cl)c(Cl)c1O2. The van der Waals surface area contributed by atoms with E-state index in [1.807, 2.05) is 0 Å². The standard InChI is InChI=1S/C22H28N2.C12H2Cl6O4.Ni/c1-7-10-20(24-22-17(4)13-9-14-18(22)5)19(6)23-21-15(2)11-8-12-16(21)3;13-1-2(14)4(16)10-9(3(1)15)21-11-5(17)7(19)8(20)6(18)12(11)22-10;/h8-9,11-14H,7,10H2,1-6H3;19-20H;/q;;+2/p-2. The van der Waals surface area contributed by atoms with Gasteiger partial charge in [-0.05, 0) is 63.3 Å². The van der Waals surface area contributed by atoms with Gasteiger partial charge in [0, 0.05) is 0 Å². The summed E-state index contributed by atoms with van der Waals surface area (Å²) in [5, 5.41) is 22.0. The molecule has 0 saturated carbocycles. The number of nitrogens with zero attached hydrogens (tertiary/aromatic N) is 2. The summed E-state index contributed by atoms with van der Waals surface area (Å²) in [6, 6.07) is 12.6. The molecule has 47 heavy (non-hydrogen) atoms. The number of ether oxygens (including phenoxy) is 2. The van der Waals surface area contributed by atoms with Crippen molar-refractivity contribution in [2.45, 2.75) is 54.4 Å². The Balaban J connectivity index is 0.000000251. The van der Waals surface area contributed by atoms with E-state index in [1.165, 1.54) is 22.3 Å². The Morgan fingerprint density at radius 2 is 0.936 bits per heavy atom. The zero-order chi connectivity index (χ0) is 34.0. The Morgan fingerprint density at radius 1 is 0.596 bits per heavy atom. The summed E-state index contributed by atoms with van der Waals surface area (Å²) in [6.07, 6.45) is 2.00. The molecule has 1 heterocycles. The summed E-state index contributed by atoms with van der Waals surface area (Å²) in [5.41, 5.74) is 9.08. The van der Waals surface area contributed by atoms with Crippen LogP contribution in [0, 0.1) is 27.7 Å². The molecule has 0 atom stereocenters. The first kappa shape index (κ1) is 39.1. The van der Waals surface area contributed by atoms with Crippen LogP contribution in [0.5, 0.6) is 34.5 Å². The molecule has 0 saturated heterocycles. The number of aliphatic imine (C=N–C) groups is 2. The Bertz CT molecular complexity index is 1740. The van der Waals surface area contributed by atoms with E-state index in [-0.39, 0.29) is 59.6 Å². The van der Waals surface area contributed by atoms with Gasteiger partial charge in [0.15, 0.2) is 23.0 Å². The van der Waals surface area contributed by atoms with Crippen LogP contribution in [-0.4, -0.2) is 11.4 Å². The van der Waals surface area contributed by atoms with Gasteiger partial charge in [-0.3, -0.25) is 9.98 Å². The second-order valence-electron chi connectivity index (χ2n) is 10.5. The zero-order valence-corrected chi connectivity index (χ0v) is 31.5. The van der Waals surface area contributed by atoms with Crippen molar-refractivity contribution in [1.29, 1.82) is 0 Å². The third-order valence-corrected chi connectivity index (χ3v) is 9.56. The maximum Gasteiger partial charge on any atom is 2.00 e. The van der Waals surface area contributed by atoms with Crippen LogP contribution in [0.25, 0.3) is 0 Å². The molecule has 0 bridgehead atoms. The van der Waals surface area contributed by atoms with Crippen molar-refractivity contribution in [2.75, 3.05) is 0 Å². The molecule has 4 aromatic carbocycles. The molecule has 1 aliphatic heterocycles. The Morgan fingerprint density at radius 3 is 1.30 bits per heavy atom. The van der Waals surface area contributed by atoms with Crippen LogP contribution in [0.2, 0.25) is 30.1 Å². The molecule has 250 valence electrons. The number of aryl methyl sites for hydroxylation is 4. The first-order valence-corrected chi connectivity index (χ1v) is 16.3. The van der Waals surface area contributed by atoms with E-state index < -0.39 is 21.5 Å². The zero-order valence-electron chi connectivity index (χ0n) is 26.0. The molecule has 13 heteroatoms. The normalized spacial score (nSPS) is 12.2. The van der Waals surface area contributed by atoms with Gasteiger partial charge in [-0.15, -0.1) is 0 Å². The van der Waals surface area contributed by atoms with Gasteiger partial charge in [-0.25, -0.2) is 0 Å². The molecule has 0 aromatic heterocycles. The van der Waals surface area contributed by atoms with Crippen molar-refractivity contribution >= 4 is 92.4 Å². The molecule has 0 spiro atoms. The van der Waals surface area contributed by atoms with Crippen molar-refractivity contribution in [2.24, 2.45) is 9.98 Å². The molecule has 0 radical (unpaired) electrons. The topological polar surface area (TPSA) is 89.3 Å². The molecular formula is C34H28Cl6N2NiO4. The minimum atomic E-state index is -1.03. The van der Waals surface area contributed by atoms with E-state index in [0.29, 0.717) is 0 Å². The number of rotatable bonds is 5. The van der Waals surface area contributed by atoms with E-state index in [1.54, 1.807) is 0 Å². The fourth-order valence-corrected chi connectivity index (χ4v) is 5.97. The van der Waals surface area contributed by atoms with Crippen molar-refractivity contribution in [3.05, 3.63) is 88.8 Å². The van der Waals surface area contributed by atoms with Gasteiger partial charge in [0.1, 0.15) is 10.0 Å². The number of halogens is 6. The van der Waals surface area contributed by atoms with Crippen molar-refractivity contribution in [3.63, 3.8) is 0 Å². The Labute approximate surface area is 314 Å². The molecule has 0 aliphatic carbocycles. The van der Waals surface area contributed by atoms with Crippen LogP contribution in [0.1, 0.15) is 48.9 Å². The van der Waals surface area contributed by atoms with E-state index in [9.17, 15) is 10.2 Å². The third kappa shape index (κ3) is 8.11. The Kier molecular flexibility index (Phi) is 13.6. The van der Waals surface area contributed by atoms with Crippen LogP contribution in [0.3, 0.4) is 0 Å². The van der Waals surface area contributed by atoms with E-state index >= 15 is 0 Å². The molecular weight excluding hydrogens is 772 g/mol. The number of fused-ring (bicyclic) bond motifs is 2. The first-order chi connectivity index (χ1) is 21.7. The fourth-order valence-electron chi connectivity index (χ4n) is 4.65. The summed E-state index contributed by atoms with van der Waals surface area (Å²) in [5.74, 6) is -2.74. The van der Waals surface area contributed by atoms with Crippen LogP contribution in [0.15, 0.2) is 46.4 Å². The van der Waals surface area contributed by atoms with Gasteiger partial charge in [0.25, 0.3) is 0 Å². The van der Waals surface area contributed by atoms with Crippen LogP contribution >= 0.6 is 69.6 Å². The van der Waals surface area contributed by atoms with Crippen molar-refractivity contribution < 1.29 is 36.2 Å². The molecule has 4 aromatic rings. The largest absolute Gasteiger partial charge is 2.00 e. The van der Waals surface area contributed by atoms with Gasteiger partial charge >= 0.3 is 16.5 Å². The van der Waals surface area contributed by atoms with Gasteiger partial charge in [-0.1, -0.05) is 131 Å². The summed E-state index contributed by atoms with van der Waals surface area (Å²) in [6.45, 7) is 12.7. The van der Waals surface area contributed by atoms with Crippen LogP contribution in [-0.2, 0) is 16.5 Å². The number of benzene rings is 4. The first-order valence-electron chi connectivity index (χ1n) is 14.1.